The number of carbonyl (C=O) groups is 2. The maximum atomic E-state index is 12.4. The van der Waals surface area contributed by atoms with Crippen molar-refractivity contribution in [3.8, 4) is 5.75 Å². The van der Waals surface area contributed by atoms with E-state index in [4.69, 9.17) is 4.74 Å². The fraction of sp³-hybridized carbons (Fsp3) is 0.444. The lowest BCUT2D eigenvalue weighted by molar-refractivity contribution is -0.134. The fourth-order valence-corrected chi connectivity index (χ4v) is 3.95. The largest absolute Gasteiger partial charge is 0.497 e. The van der Waals surface area contributed by atoms with Crippen LogP contribution in [0.25, 0.3) is 0 Å². The molecule has 1 aromatic carbocycles. The first-order valence-electron chi connectivity index (χ1n) is 8.85. The summed E-state index contributed by atoms with van der Waals surface area (Å²) in [6, 6.07) is 7.55. The number of hydrogen-bond acceptors (Lipinski definition) is 8. The molecule has 0 aliphatic carbocycles. The van der Waals surface area contributed by atoms with Gasteiger partial charge in [0.05, 0.1) is 19.4 Å². The summed E-state index contributed by atoms with van der Waals surface area (Å²) >= 11 is 2.67. The third-order valence-corrected chi connectivity index (χ3v) is 5.52. The molecule has 0 spiro atoms. The molecule has 0 aliphatic heterocycles. The van der Waals surface area contributed by atoms with Crippen LogP contribution in [0.4, 0.5) is 10.8 Å². The van der Waals surface area contributed by atoms with E-state index >= 15 is 0 Å². The Hall–Kier alpha value is -2.33. The molecule has 0 saturated heterocycles. The number of carbonyl (C=O) groups excluding carboxylic acids is 2. The van der Waals surface area contributed by atoms with Crippen molar-refractivity contribution >= 4 is 45.7 Å². The average Bonchev–Trinajstić information content (AvgIpc) is 3.11. The van der Waals surface area contributed by atoms with Gasteiger partial charge in [-0.05, 0) is 32.9 Å². The zero-order chi connectivity index (χ0) is 20.5. The van der Waals surface area contributed by atoms with Crippen LogP contribution in [0.1, 0.15) is 20.8 Å². The zero-order valence-electron chi connectivity index (χ0n) is 16.4. The van der Waals surface area contributed by atoms with Gasteiger partial charge in [0.1, 0.15) is 5.75 Å². The maximum absolute atomic E-state index is 12.4. The highest BCUT2D eigenvalue weighted by Crippen LogP contribution is 2.28. The SMILES string of the molecule is CCN(CC(=O)NC(C)C)C(=O)CSc1nnc(Nc2cccc(OC)c2)s1. The molecule has 1 heterocycles. The van der Waals surface area contributed by atoms with Gasteiger partial charge in [0.25, 0.3) is 0 Å². The predicted octanol–water partition coefficient (Wildman–Crippen LogP) is 2.76. The van der Waals surface area contributed by atoms with Gasteiger partial charge in [-0.3, -0.25) is 9.59 Å². The Bertz CT molecular complexity index is 797. The Morgan fingerprint density at radius 2 is 2.11 bits per heavy atom. The minimum Gasteiger partial charge on any atom is -0.497 e. The Morgan fingerprint density at radius 3 is 2.79 bits per heavy atom. The van der Waals surface area contributed by atoms with Crippen LogP contribution in [0.3, 0.4) is 0 Å². The molecule has 0 aliphatic rings. The molecule has 0 atom stereocenters. The van der Waals surface area contributed by atoms with Crippen LogP contribution >= 0.6 is 23.1 Å². The van der Waals surface area contributed by atoms with E-state index in [0.29, 0.717) is 16.0 Å². The molecule has 0 saturated carbocycles. The third-order valence-electron chi connectivity index (χ3n) is 3.57. The van der Waals surface area contributed by atoms with Crippen LogP contribution in [0, 0.1) is 0 Å². The first kappa shape index (κ1) is 22.0. The number of aromatic nitrogens is 2. The number of rotatable bonds is 10. The quantitative estimate of drug-likeness (QED) is 0.567. The summed E-state index contributed by atoms with van der Waals surface area (Å²) in [7, 11) is 1.61. The molecule has 0 radical (unpaired) electrons. The molecule has 28 heavy (non-hydrogen) atoms. The molecule has 0 bridgehead atoms. The number of nitrogens with zero attached hydrogens (tertiary/aromatic N) is 3. The van der Waals surface area contributed by atoms with Crippen molar-refractivity contribution in [1.82, 2.24) is 20.4 Å². The van der Waals surface area contributed by atoms with Crippen molar-refractivity contribution in [2.45, 2.75) is 31.2 Å². The highest BCUT2D eigenvalue weighted by atomic mass is 32.2. The van der Waals surface area contributed by atoms with Gasteiger partial charge in [-0.15, -0.1) is 10.2 Å². The second-order valence-electron chi connectivity index (χ2n) is 6.15. The molecule has 1 aromatic heterocycles. The molecule has 152 valence electrons. The van der Waals surface area contributed by atoms with Gasteiger partial charge in [0, 0.05) is 24.3 Å². The number of ether oxygens (including phenoxy) is 1. The molecular formula is C18H25N5O3S2. The summed E-state index contributed by atoms with van der Waals surface area (Å²) in [5.41, 5.74) is 0.844. The molecule has 2 N–H and O–H groups in total. The van der Waals surface area contributed by atoms with E-state index in [1.54, 1.807) is 7.11 Å². The summed E-state index contributed by atoms with van der Waals surface area (Å²) < 4.78 is 5.88. The van der Waals surface area contributed by atoms with Crippen LogP contribution in [0.2, 0.25) is 0 Å². The van der Waals surface area contributed by atoms with Crippen LogP contribution in [-0.4, -0.2) is 58.9 Å². The monoisotopic (exact) mass is 423 g/mol. The first-order chi connectivity index (χ1) is 13.4. The Labute approximate surface area is 173 Å². The van der Waals surface area contributed by atoms with Crippen LogP contribution in [0.15, 0.2) is 28.6 Å². The summed E-state index contributed by atoms with van der Waals surface area (Å²) in [4.78, 5) is 25.8. The summed E-state index contributed by atoms with van der Waals surface area (Å²) in [5.74, 6) is 0.687. The van der Waals surface area contributed by atoms with Crippen molar-refractivity contribution in [1.29, 1.82) is 0 Å². The van der Waals surface area contributed by atoms with Crippen LogP contribution in [0.5, 0.6) is 5.75 Å². The Kier molecular flexibility index (Phi) is 8.52. The summed E-state index contributed by atoms with van der Waals surface area (Å²) in [6.45, 7) is 6.17. The van der Waals surface area contributed by atoms with E-state index in [-0.39, 0.29) is 30.2 Å². The summed E-state index contributed by atoms with van der Waals surface area (Å²) in [5, 5.41) is 14.8. The minimum absolute atomic E-state index is 0.0487. The van der Waals surface area contributed by atoms with Crippen molar-refractivity contribution in [2.24, 2.45) is 0 Å². The van der Waals surface area contributed by atoms with Crippen molar-refractivity contribution in [3.05, 3.63) is 24.3 Å². The number of nitrogens with one attached hydrogen (secondary N) is 2. The smallest absolute Gasteiger partial charge is 0.239 e. The minimum atomic E-state index is -0.157. The number of methoxy groups -OCH3 is 1. The second-order valence-corrected chi connectivity index (χ2v) is 8.35. The fourth-order valence-electron chi connectivity index (χ4n) is 2.27. The number of amides is 2. The molecule has 0 unspecified atom stereocenters. The maximum Gasteiger partial charge on any atom is 0.239 e. The zero-order valence-corrected chi connectivity index (χ0v) is 18.0. The van der Waals surface area contributed by atoms with Crippen LogP contribution < -0.4 is 15.4 Å². The molecule has 0 fully saturated rings. The topological polar surface area (TPSA) is 96.5 Å². The van der Waals surface area contributed by atoms with E-state index in [9.17, 15) is 9.59 Å². The van der Waals surface area contributed by atoms with Gasteiger partial charge in [-0.2, -0.15) is 0 Å². The lowest BCUT2D eigenvalue weighted by Crippen LogP contribution is -2.43. The van der Waals surface area contributed by atoms with E-state index in [0.717, 1.165) is 11.4 Å². The number of likely N-dealkylation sites (N-methyl/N-ethyl adjacent to an activating group) is 1. The summed E-state index contributed by atoms with van der Waals surface area (Å²) in [6.07, 6.45) is 0. The number of hydrogen-bond donors (Lipinski definition) is 2. The van der Waals surface area contributed by atoms with Crippen LogP contribution in [-0.2, 0) is 9.59 Å². The van der Waals surface area contributed by atoms with Crippen molar-refractivity contribution in [2.75, 3.05) is 31.3 Å². The number of anilines is 2. The average molecular weight is 424 g/mol. The van der Waals surface area contributed by atoms with Gasteiger partial charge in [0.15, 0.2) is 4.34 Å². The number of thioether (sulfide) groups is 1. The predicted molar refractivity (Wildman–Crippen MR) is 112 cm³/mol. The first-order valence-corrected chi connectivity index (χ1v) is 10.7. The van der Waals surface area contributed by atoms with Gasteiger partial charge < -0.3 is 20.3 Å². The number of benzene rings is 1. The van der Waals surface area contributed by atoms with E-state index in [1.807, 2.05) is 45.0 Å². The standard InChI is InChI=1S/C18H25N5O3S2/c1-5-23(10-15(24)19-12(2)3)16(25)11-27-18-22-21-17(28-18)20-13-7-6-8-14(9-13)26-4/h6-9,12H,5,10-11H2,1-4H3,(H,19,24)(H,20,21). The van der Waals surface area contributed by atoms with E-state index in [1.165, 1.54) is 28.0 Å². The van der Waals surface area contributed by atoms with E-state index < -0.39 is 0 Å². The highest BCUT2D eigenvalue weighted by molar-refractivity contribution is 8.01. The van der Waals surface area contributed by atoms with E-state index in [2.05, 4.69) is 20.8 Å². The van der Waals surface area contributed by atoms with Gasteiger partial charge in [-0.25, -0.2) is 0 Å². The van der Waals surface area contributed by atoms with Gasteiger partial charge in [-0.1, -0.05) is 29.2 Å². The van der Waals surface area contributed by atoms with Crippen molar-refractivity contribution < 1.29 is 14.3 Å². The molecule has 2 rings (SSSR count). The lowest BCUT2D eigenvalue weighted by atomic mass is 10.3. The molecular weight excluding hydrogens is 398 g/mol. The molecule has 8 nitrogen and oxygen atoms in total. The molecule has 2 aromatic rings. The highest BCUT2D eigenvalue weighted by Gasteiger charge is 2.17. The normalized spacial score (nSPS) is 10.6. The molecule has 10 heteroatoms. The van der Waals surface area contributed by atoms with Crippen molar-refractivity contribution in [3.63, 3.8) is 0 Å². The lowest BCUT2D eigenvalue weighted by Gasteiger charge is -2.20. The second kappa shape index (κ2) is 10.9. The third kappa shape index (κ3) is 7.01. The Morgan fingerprint density at radius 1 is 1.32 bits per heavy atom. The van der Waals surface area contributed by atoms with Gasteiger partial charge in [0.2, 0.25) is 16.9 Å². The Balaban J connectivity index is 1.86. The van der Waals surface area contributed by atoms with Gasteiger partial charge >= 0.3 is 0 Å². The molecule has 2 amide bonds.